The number of hydrogen-bond acceptors (Lipinski definition) is 3. The Kier molecular flexibility index (Phi) is 4.77. The highest BCUT2D eigenvalue weighted by Gasteiger charge is 2.29. The summed E-state index contributed by atoms with van der Waals surface area (Å²) in [5.74, 6) is -1.04. The van der Waals surface area contributed by atoms with Crippen LogP contribution >= 0.6 is 0 Å². The van der Waals surface area contributed by atoms with Gasteiger partial charge in [-0.2, -0.15) is 0 Å². The molecule has 1 heterocycles. The summed E-state index contributed by atoms with van der Waals surface area (Å²) in [6, 6.07) is 4.86. The zero-order valence-electron chi connectivity index (χ0n) is 12.2. The third-order valence-electron chi connectivity index (χ3n) is 3.67. The SMILES string of the molecule is COC(=O)N1CCCC(C(=O)Nc2cccc(C)c2F)C1. The van der Waals surface area contributed by atoms with Gasteiger partial charge in [-0.25, -0.2) is 9.18 Å². The number of likely N-dealkylation sites (tertiary alicyclic amines) is 1. The Morgan fingerprint density at radius 1 is 1.43 bits per heavy atom. The first-order valence-electron chi connectivity index (χ1n) is 6.91. The molecule has 1 fully saturated rings. The van der Waals surface area contributed by atoms with Gasteiger partial charge in [0.05, 0.1) is 18.7 Å². The average molecular weight is 294 g/mol. The molecule has 0 bridgehead atoms. The van der Waals surface area contributed by atoms with Crippen LogP contribution in [0.4, 0.5) is 14.9 Å². The number of benzene rings is 1. The molecule has 2 rings (SSSR count). The van der Waals surface area contributed by atoms with Crippen molar-refractivity contribution in [3.05, 3.63) is 29.6 Å². The predicted molar refractivity (Wildman–Crippen MR) is 76.5 cm³/mol. The van der Waals surface area contributed by atoms with Crippen molar-refractivity contribution in [2.45, 2.75) is 19.8 Å². The number of ether oxygens (including phenoxy) is 1. The summed E-state index contributed by atoms with van der Waals surface area (Å²) >= 11 is 0. The number of anilines is 1. The zero-order chi connectivity index (χ0) is 15.4. The standard InChI is InChI=1S/C15H19FN2O3/c1-10-5-3-7-12(13(10)16)17-14(19)11-6-4-8-18(9-11)15(20)21-2/h3,5,7,11H,4,6,8-9H2,1-2H3,(H,17,19). The average Bonchev–Trinajstić information content (AvgIpc) is 2.51. The summed E-state index contributed by atoms with van der Waals surface area (Å²) in [7, 11) is 1.31. The zero-order valence-corrected chi connectivity index (χ0v) is 12.2. The largest absolute Gasteiger partial charge is 0.453 e. The molecule has 21 heavy (non-hydrogen) atoms. The van der Waals surface area contributed by atoms with Crippen molar-refractivity contribution in [1.29, 1.82) is 0 Å². The second-order valence-electron chi connectivity index (χ2n) is 5.18. The molecule has 0 spiro atoms. The van der Waals surface area contributed by atoms with Crippen molar-refractivity contribution in [3.8, 4) is 0 Å². The smallest absolute Gasteiger partial charge is 0.409 e. The maximum Gasteiger partial charge on any atom is 0.409 e. The molecule has 1 aliphatic heterocycles. The summed E-state index contributed by atoms with van der Waals surface area (Å²) < 4.78 is 18.6. The van der Waals surface area contributed by atoms with Crippen LogP contribution in [0.1, 0.15) is 18.4 Å². The number of amides is 2. The Morgan fingerprint density at radius 3 is 2.90 bits per heavy atom. The number of hydrogen-bond donors (Lipinski definition) is 1. The Hall–Kier alpha value is -2.11. The van der Waals surface area contributed by atoms with E-state index in [0.29, 0.717) is 25.1 Å². The van der Waals surface area contributed by atoms with Crippen LogP contribution in [0.3, 0.4) is 0 Å². The highest BCUT2D eigenvalue weighted by molar-refractivity contribution is 5.93. The number of carbonyl (C=O) groups is 2. The summed E-state index contributed by atoms with van der Waals surface area (Å²) in [6.45, 7) is 2.52. The monoisotopic (exact) mass is 294 g/mol. The predicted octanol–water partition coefficient (Wildman–Crippen LogP) is 2.55. The molecule has 1 N–H and O–H groups in total. The van der Waals surface area contributed by atoms with E-state index in [1.54, 1.807) is 19.1 Å². The second-order valence-corrected chi connectivity index (χ2v) is 5.18. The Morgan fingerprint density at radius 2 is 2.19 bits per heavy atom. The number of aryl methyl sites for hydroxylation is 1. The molecular weight excluding hydrogens is 275 g/mol. The van der Waals surface area contributed by atoms with E-state index in [-0.39, 0.29) is 17.5 Å². The van der Waals surface area contributed by atoms with Crippen molar-refractivity contribution >= 4 is 17.7 Å². The minimum absolute atomic E-state index is 0.176. The van der Waals surface area contributed by atoms with Gasteiger partial charge in [0.15, 0.2) is 0 Å². The summed E-state index contributed by atoms with van der Waals surface area (Å²) in [6.07, 6.45) is 0.963. The molecule has 5 nitrogen and oxygen atoms in total. The van der Waals surface area contributed by atoms with E-state index in [9.17, 15) is 14.0 Å². The molecule has 1 aliphatic rings. The van der Waals surface area contributed by atoms with E-state index < -0.39 is 11.9 Å². The van der Waals surface area contributed by atoms with Crippen LogP contribution in [0.15, 0.2) is 18.2 Å². The van der Waals surface area contributed by atoms with Gasteiger partial charge in [-0.05, 0) is 31.4 Å². The lowest BCUT2D eigenvalue weighted by Crippen LogP contribution is -2.43. The van der Waals surface area contributed by atoms with Crippen LogP contribution in [0.5, 0.6) is 0 Å². The van der Waals surface area contributed by atoms with Crippen LogP contribution < -0.4 is 5.32 Å². The molecule has 2 amide bonds. The minimum atomic E-state index is -0.436. The number of rotatable bonds is 2. The van der Waals surface area contributed by atoms with Gasteiger partial charge in [0.1, 0.15) is 5.82 Å². The maximum absolute atomic E-state index is 13.9. The highest BCUT2D eigenvalue weighted by atomic mass is 19.1. The molecule has 0 radical (unpaired) electrons. The molecule has 1 aromatic rings. The van der Waals surface area contributed by atoms with E-state index in [1.807, 2.05) is 0 Å². The number of methoxy groups -OCH3 is 1. The van der Waals surface area contributed by atoms with Crippen molar-refractivity contribution < 1.29 is 18.7 Å². The Bertz CT molecular complexity index is 548. The number of nitrogens with zero attached hydrogens (tertiary/aromatic N) is 1. The third kappa shape index (κ3) is 3.51. The fraction of sp³-hybridized carbons (Fsp3) is 0.467. The molecule has 1 unspecified atom stereocenters. The fourth-order valence-corrected chi connectivity index (χ4v) is 2.46. The number of carbonyl (C=O) groups excluding carboxylic acids is 2. The van der Waals surface area contributed by atoms with Crippen molar-refractivity contribution in [2.75, 3.05) is 25.5 Å². The van der Waals surface area contributed by atoms with E-state index in [1.165, 1.54) is 18.1 Å². The molecule has 1 aromatic carbocycles. The van der Waals surface area contributed by atoms with Crippen LogP contribution in [0, 0.1) is 18.7 Å². The van der Waals surface area contributed by atoms with Gasteiger partial charge >= 0.3 is 6.09 Å². The van der Waals surface area contributed by atoms with Gasteiger partial charge in [0.25, 0.3) is 0 Å². The Labute approximate surface area is 123 Å². The quantitative estimate of drug-likeness (QED) is 0.912. The fourth-order valence-electron chi connectivity index (χ4n) is 2.46. The second kappa shape index (κ2) is 6.56. The molecule has 0 aliphatic carbocycles. The van der Waals surface area contributed by atoms with Crippen molar-refractivity contribution in [2.24, 2.45) is 5.92 Å². The van der Waals surface area contributed by atoms with Gasteiger partial charge in [0, 0.05) is 13.1 Å². The molecule has 0 aromatic heterocycles. The molecule has 6 heteroatoms. The maximum atomic E-state index is 13.9. The number of nitrogens with one attached hydrogen (secondary N) is 1. The lowest BCUT2D eigenvalue weighted by atomic mass is 9.97. The van der Waals surface area contributed by atoms with E-state index >= 15 is 0 Å². The first kappa shape index (κ1) is 15.3. The highest BCUT2D eigenvalue weighted by Crippen LogP contribution is 2.22. The van der Waals surface area contributed by atoms with Crippen LogP contribution in [0.25, 0.3) is 0 Å². The van der Waals surface area contributed by atoms with Crippen molar-refractivity contribution in [3.63, 3.8) is 0 Å². The summed E-state index contributed by atoms with van der Waals surface area (Å²) in [5.41, 5.74) is 0.655. The molecule has 114 valence electrons. The molecule has 1 saturated heterocycles. The lowest BCUT2D eigenvalue weighted by molar-refractivity contribution is -0.121. The van der Waals surface area contributed by atoms with E-state index in [4.69, 9.17) is 0 Å². The van der Waals surface area contributed by atoms with Crippen LogP contribution in [0.2, 0.25) is 0 Å². The first-order valence-corrected chi connectivity index (χ1v) is 6.91. The molecule has 0 saturated carbocycles. The van der Waals surface area contributed by atoms with Gasteiger partial charge in [-0.3, -0.25) is 4.79 Å². The normalized spacial score (nSPS) is 18.2. The summed E-state index contributed by atoms with van der Waals surface area (Å²) in [4.78, 5) is 25.2. The molecular formula is C15H19FN2O3. The third-order valence-corrected chi connectivity index (χ3v) is 3.67. The topological polar surface area (TPSA) is 58.6 Å². The lowest BCUT2D eigenvalue weighted by Gasteiger charge is -2.30. The molecule has 1 atom stereocenters. The van der Waals surface area contributed by atoms with E-state index in [2.05, 4.69) is 10.1 Å². The first-order chi connectivity index (χ1) is 10.0. The number of piperidine rings is 1. The minimum Gasteiger partial charge on any atom is -0.453 e. The number of halogens is 1. The van der Waals surface area contributed by atoms with Gasteiger partial charge in [-0.1, -0.05) is 12.1 Å². The van der Waals surface area contributed by atoms with E-state index in [0.717, 1.165) is 6.42 Å². The van der Waals surface area contributed by atoms with Crippen LogP contribution in [-0.2, 0) is 9.53 Å². The van der Waals surface area contributed by atoms with Crippen molar-refractivity contribution in [1.82, 2.24) is 4.90 Å². The van der Waals surface area contributed by atoms with Gasteiger partial charge in [-0.15, -0.1) is 0 Å². The Balaban J connectivity index is 2.03. The van der Waals surface area contributed by atoms with Gasteiger partial charge < -0.3 is 15.0 Å². The van der Waals surface area contributed by atoms with Crippen LogP contribution in [-0.4, -0.2) is 37.1 Å². The summed E-state index contributed by atoms with van der Waals surface area (Å²) in [5, 5.41) is 2.61. The van der Waals surface area contributed by atoms with Gasteiger partial charge in [0.2, 0.25) is 5.91 Å².